The lowest BCUT2D eigenvalue weighted by atomic mass is 9.88. The normalized spacial score (nSPS) is 17.4. The topological polar surface area (TPSA) is 41.1 Å². The average molecular weight is 232 g/mol. The largest absolute Gasteiger partial charge is 0.325 e. The molecule has 0 saturated carbocycles. The van der Waals surface area contributed by atoms with Gasteiger partial charge in [-0.1, -0.05) is 25.1 Å². The Hall–Kier alpha value is -1.35. The number of para-hydroxylation sites is 1. The van der Waals surface area contributed by atoms with E-state index in [2.05, 4.69) is 10.6 Å². The molecule has 0 aliphatic carbocycles. The molecule has 1 aliphatic rings. The second-order valence-electron chi connectivity index (χ2n) is 4.96. The van der Waals surface area contributed by atoms with E-state index in [1.807, 2.05) is 39.0 Å². The Morgan fingerprint density at radius 2 is 1.94 bits per heavy atom. The monoisotopic (exact) mass is 232 g/mol. The van der Waals surface area contributed by atoms with Crippen molar-refractivity contribution in [3.8, 4) is 0 Å². The summed E-state index contributed by atoms with van der Waals surface area (Å²) in [4.78, 5) is 12.1. The third-order valence-corrected chi connectivity index (χ3v) is 3.66. The highest BCUT2D eigenvalue weighted by Gasteiger charge is 2.28. The Balaban J connectivity index is 2.07. The third kappa shape index (κ3) is 2.50. The smallest absolute Gasteiger partial charge is 0.227 e. The van der Waals surface area contributed by atoms with Gasteiger partial charge in [0.15, 0.2) is 0 Å². The lowest BCUT2D eigenvalue weighted by molar-refractivity contribution is -0.121. The zero-order valence-corrected chi connectivity index (χ0v) is 10.7. The molecule has 1 fully saturated rings. The molecule has 1 aromatic rings. The van der Waals surface area contributed by atoms with Gasteiger partial charge in [-0.2, -0.15) is 0 Å². The highest BCUT2D eigenvalue weighted by Crippen LogP contribution is 2.22. The van der Waals surface area contributed by atoms with Gasteiger partial charge in [-0.05, 0) is 44.0 Å². The summed E-state index contributed by atoms with van der Waals surface area (Å²) in [6.45, 7) is 7.98. The first kappa shape index (κ1) is 12.1. The average Bonchev–Trinajstić information content (AvgIpc) is 2.21. The van der Waals surface area contributed by atoms with Crippen LogP contribution in [-0.2, 0) is 4.79 Å². The van der Waals surface area contributed by atoms with Crippen LogP contribution in [0.4, 0.5) is 5.69 Å². The van der Waals surface area contributed by atoms with Crippen LogP contribution in [0.15, 0.2) is 18.2 Å². The summed E-state index contributed by atoms with van der Waals surface area (Å²) >= 11 is 0. The van der Waals surface area contributed by atoms with Crippen molar-refractivity contribution in [2.75, 3.05) is 18.4 Å². The molecular weight excluding hydrogens is 212 g/mol. The second-order valence-corrected chi connectivity index (χ2v) is 4.96. The number of aryl methyl sites for hydroxylation is 2. The minimum atomic E-state index is 0.0789. The van der Waals surface area contributed by atoms with Crippen molar-refractivity contribution in [1.29, 1.82) is 0 Å². The summed E-state index contributed by atoms with van der Waals surface area (Å²) < 4.78 is 0. The first-order valence-electron chi connectivity index (χ1n) is 6.17. The molecule has 92 valence electrons. The first-order chi connectivity index (χ1) is 8.09. The number of nitrogens with one attached hydrogen (secondary N) is 2. The van der Waals surface area contributed by atoms with Crippen molar-refractivity contribution < 1.29 is 4.79 Å². The van der Waals surface area contributed by atoms with Crippen molar-refractivity contribution in [3.05, 3.63) is 29.3 Å². The van der Waals surface area contributed by atoms with Gasteiger partial charge in [-0.25, -0.2) is 0 Å². The maximum absolute atomic E-state index is 12.1. The summed E-state index contributed by atoms with van der Waals surface area (Å²) in [6, 6.07) is 6.07. The highest BCUT2D eigenvalue weighted by molar-refractivity contribution is 5.94. The first-order valence-corrected chi connectivity index (χ1v) is 6.17. The minimum Gasteiger partial charge on any atom is -0.325 e. The van der Waals surface area contributed by atoms with Crippen molar-refractivity contribution >= 4 is 11.6 Å². The zero-order chi connectivity index (χ0) is 12.4. The molecule has 3 heteroatoms. The highest BCUT2D eigenvalue weighted by atomic mass is 16.1. The van der Waals surface area contributed by atoms with Crippen LogP contribution in [0.1, 0.15) is 18.1 Å². The predicted octanol–water partition coefficient (Wildman–Crippen LogP) is 2.10. The van der Waals surface area contributed by atoms with Crippen molar-refractivity contribution in [1.82, 2.24) is 5.32 Å². The van der Waals surface area contributed by atoms with Crippen LogP contribution in [0, 0.1) is 25.7 Å². The number of rotatable bonds is 3. The van der Waals surface area contributed by atoms with Crippen molar-refractivity contribution in [3.63, 3.8) is 0 Å². The summed E-state index contributed by atoms with van der Waals surface area (Å²) in [5, 5.41) is 6.26. The van der Waals surface area contributed by atoms with Gasteiger partial charge in [0, 0.05) is 11.6 Å². The molecule has 1 atom stereocenters. The van der Waals surface area contributed by atoms with Gasteiger partial charge in [0.25, 0.3) is 0 Å². The number of amides is 1. The van der Waals surface area contributed by atoms with Crippen molar-refractivity contribution in [2.24, 2.45) is 11.8 Å². The molecule has 0 radical (unpaired) electrons. The van der Waals surface area contributed by atoms with E-state index in [1.54, 1.807) is 0 Å². The van der Waals surface area contributed by atoms with Gasteiger partial charge in [-0.15, -0.1) is 0 Å². The number of carbonyl (C=O) groups is 1. The molecule has 2 N–H and O–H groups in total. The van der Waals surface area contributed by atoms with Crippen LogP contribution < -0.4 is 10.6 Å². The van der Waals surface area contributed by atoms with E-state index in [0.29, 0.717) is 5.92 Å². The molecule has 0 bridgehead atoms. The zero-order valence-electron chi connectivity index (χ0n) is 10.7. The van der Waals surface area contributed by atoms with Gasteiger partial charge in [0.2, 0.25) is 5.91 Å². The third-order valence-electron chi connectivity index (χ3n) is 3.66. The molecule has 1 aromatic carbocycles. The lowest BCUT2D eigenvalue weighted by Gasteiger charge is -2.32. The quantitative estimate of drug-likeness (QED) is 0.838. The maximum atomic E-state index is 12.1. The van der Waals surface area contributed by atoms with Gasteiger partial charge in [0.1, 0.15) is 0 Å². The van der Waals surface area contributed by atoms with Crippen LogP contribution in [0.3, 0.4) is 0 Å². The van der Waals surface area contributed by atoms with Gasteiger partial charge in [-0.3, -0.25) is 4.79 Å². The molecule has 0 aromatic heterocycles. The standard InChI is InChI=1S/C14H20N2O/c1-9-5-4-6-10(2)13(9)16-14(17)11(3)12-7-15-8-12/h4-6,11-12,15H,7-8H2,1-3H3,(H,16,17). The van der Waals surface area contributed by atoms with Crippen LogP contribution in [0.2, 0.25) is 0 Å². The fourth-order valence-electron chi connectivity index (χ4n) is 2.13. The van der Waals surface area contributed by atoms with Crippen LogP contribution in [0.5, 0.6) is 0 Å². The molecule has 1 heterocycles. The van der Waals surface area contributed by atoms with Crippen molar-refractivity contribution in [2.45, 2.75) is 20.8 Å². The van der Waals surface area contributed by atoms with Crippen LogP contribution in [0.25, 0.3) is 0 Å². The summed E-state index contributed by atoms with van der Waals surface area (Å²) in [6.07, 6.45) is 0. The SMILES string of the molecule is Cc1cccc(C)c1NC(=O)C(C)C1CNC1. The summed E-state index contributed by atoms with van der Waals surface area (Å²) in [5.74, 6) is 0.698. The Morgan fingerprint density at radius 1 is 1.35 bits per heavy atom. The van der Waals surface area contributed by atoms with E-state index < -0.39 is 0 Å². The predicted molar refractivity (Wildman–Crippen MR) is 70.1 cm³/mol. The molecule has 2 rings (SSSR count). The Bertz CT molecular complexity index is 404. The fraction of sp³-hybridized carbons (Fsp3) is 0.500. The van der Waals surface area contributed by atoms with E-state index >= 15 is 0 Å². The fourth-order valence-corrected chi connectivity index (χ4v) is 2.13. The van der Waals surface area contributed by atoms with Crippen LogP contribution >= 0.6 is 0 Å². The number of anilines is 1. The Morgan fingerprint density at radius 3 is 2.41 bits per heavy atom. The molecular formula is C14H20N2O. The number of carbonyl (C=O) groups excluding carboxylic acids is 1. The van der Waals surface area contributed by atoms with E-state index in [1.165, 1.54) is 0 Å². The number of hydrogen-bond acceptors (Lipinski definition) is 2. The van der Waals surface area contributed by atoms with Gasteiger partial charge < -0.3 is 10.6 Å². The molecule has 1 aliphatic heterocycles. The van der Waals surface area contributed by atoms with Crippen LogP contribution in [-0.4, -0.2) is 19.0 Å². The minimum absolute atomic E-state index is 0.0789. The molecule has 3 nitrogen and oxygen atoms in total. The maximum Gasteiger partial charge on any atom is 0.227 e. The van der Waals surface area contributed by atoms with E-state index in [0.717, 1.165) is 29.9 Å². The molecule has 1 unspecified atom stereocenters. The molecule has 17 heavy (non-hydrogen) atoms. The Labute approximate surface area is 103 Å². The molecule has 1 amide bonds. The number of benzene rings is 1. The van der Waals surface area contributed by atoms with Gasteiger partial charge in [0.05, 0.1) is 0 Å². The van der Waals surface area contributed by atoms with E-state index in [4.69, 9.17) is 0 Å². The van der Waals surface area contributed by atoms with Gasteiger partial charge >= 0.3 is 0 Å². The summed E-state index contributed by atoms with van der Waals surface area (Å²) in [7, 11) is 0. The van der Waals surface area contributed by atoms with E-state index in [-0.39, 0.29) is 11.8 Å². The number of hydrogen-bond donors (Lipinski definition) is 2. The van der Waals surface area contributed by atoms with E-state index in [9.17, 15) is 4.79 Å². The lowest BCUT2D eigenvalue weighted by Crippen LogP contribution is -2.48. The molecule has 1 saturated heterocycles. The Kier molecular flexibility index (Phi) is 3.48. The summed E-state index contributed by atoms with van der Waals surface area (Å²) in [5.41, 5.74) is 3.21. The molecule has 0 spiro atoms. The second kappa shape index (κ2) is 4.88.